The van der Waals surface area contributed by atoms with Crippen LogP contribution in [0.4, 0.5) is 0 Å². The molecular formula is C10H12N6O3S2. The molecule has 1 fully saturated rings. The normalized spacial score (nSPS) is 27.9. The topological polar surface area (TPSA) is 127 Å². The molecule has 0 saturated carbocycles. The summed E-state index contributed by atoms with van der Waals surface area (Å²) < 4.78 is 1.55. The summed E-state index contributed by atoms with van der Waals surface area (Å²) in [6, 6.07) is -0.637. The van der Waals surface area contributed by atoms with E-state index in [0.29, 0.717) is 10.9 Å². The lowest BCUT2D eigenvalue weighted by molar-refractivity contribution is -0.147. The molecule has 0 radical (unpaired) electrons. The van der Waals surface area contributed by atoms with Crippen molar-refractivity contribution < 1.29 is 14.7 Å². The van der Waals surface area contributed by atoms with Gasteiger partial charge in [-0.05, 0) is 16.5 Å². The zero-order valence-electron chi connectivity index (χ0n) is 10.9. The number of fused-ring (bicyclic) bond motifs is 1. The molecule has 2 unspecified atom stereocenters. The molecule has 2 aliphatic heterocycles. The smallest absolute Gasteiger partial charge is 0.352 e. The van der Waals surface area contributed by atoms with Gasteiger partial charge < -0.3 is 10.8 Å². The van der Waals surface area contributed by atoms with Crippen molar-refractivity contribution in [3.63, 3.8) is 0 Å². The maximum atomic E-state index is 11.7. The Morgan fingerprint density at radius 1 is 1.62 bits per heavy atom. The van der Waals surface area contributed by atoms with E-state index in [9.17, 15) is 14.7 Å². The molecule has 3 atom stereocenters. The third-order valence-corrected chi connectivity index (χ3v) is 5.95. The Balaban J connectivity index is 1.74. The highest BCUT2D eigenvalue weighted by atomic mass is 32.2. The van der Waals surface area contributed by atoms with Crippen LogP contribution < -0.4 is 5.73 Å². The average molecular weight is 328 g/mol. The highest BCUT2D eigenvalue weighted by Crippen LogP contribution is 2.41. The zero-order valence-corrected chi connectivity index (χ0v) is 12.5. The highest BCUT2D eigenvalue weighted by molar-refractivity contribution is 8.03. The van der Waals surface area contributed by atoms with Gasteiger partial charge in [0.05, 0.1) is 0 Å². The van der Waals surface area contributed by atoms with E-state index >= 15 is 0 Å². The van der Waals surface area contributed by atoms with Crippen molar-refractivity contribution in [1.82, 2.24) is 25.1 Å². The van der Waals surface area contributed by atoms with E-state index in [2.05, 4.69) is 15.5 Å². The third-order valence-electron chi connectivity index (χ3n) is 3.18. The number of rotatable bonds is 4. The van der Waals surface area contributed by atoms with Crippen LogP contribution in [0.25, 0.3) is 0 Å². The number of hydrogen-bond acceptors (Lipinski definition) is 8. The van der Waals surface area contributed by atoms with Crippen LogP contribution in [-0.2, 0) is 16.6 Å². The van der Waals surface area contributed by atoms with Crippen molar-refractivity contribution in [2.45, 2.75) is 21.8 Å². The van der Waals surface area contributed by atoms with Gasteiger partial charge in [0.1, 0.15) is 17.1 Å². The molecule has 1 saturated heterocycles. The van der Waals surface area contributed by atoms with E-state index in [1.54, 1.807) is 17.8 Å². The second-order valence-corrected chi connectivity index (χ2v) is 6.90. The van der Waals surface area contributed by atoms with Gasteiger partial charge in [0.15, 0.2) is 0 Å². The van der Waals surface area contributed by atoms with Crippen molar-refractivity contribution in [2.75, 3.05) is 5.75 Å². The van der Waals surface area contributed by atoms with Crippen molar-refractivity contribution in [2.24, 2.45) is 12.8 Å². The van der Waals surface area contributed by atoms with Gasteiger partial charge in [-0.25, -0.2) is 9.48 Å². The molecule has 3 heterocycles. The number of aromatic nitrogens is 4. The number of β-lactam (4-membered cyclic amide) rings is 1. The maximum Gasteiger partial charge on any atom is 0.352 e. The fourth-order valence-electron chi connectivity index (χ4n) is 2.12. The highest BCUT2D eigenvalue weighted by Gasteiger charge is 2.51. The second kappa shape index (κ2) is 5.31. The van der Waals surface area contributed by atoms with Crippen LogP contribution in [-0.4, -0.2) is 64.5 Å². The van der Waals surface area contributed by atoms with Gasteiger partial charge in [-0.1, -0.05) is 11.8 Å². The van der Waals surface area contributed by atoms with Gasteiger partial charge in [0.2, 0.25) is 11.1 Å². The Morgan fingerprint density at radius 3 is 3.00 bits per heavy atom. The number of carboxylic acids is 1. The van der Waals surface area contributed by atoms with Crippen LogP contribution in [0.15, 0.2) is 16.9 Å². The Hall–Kier alpha value is -1.59. The molecule has 11 heteroatoms. The largest absolute Gasteiger partial charge is 0.477 e. The van der Waals surface area contributed by atoms with E-state index in [-0.39, 0.29) is 22.2 Å². The number of nitrogens with two attached hydrogens (primary N) is 1. The SMILES string of the molecule is Cn1nnnc1SCC1C=C(C(=O)O)N2C(=O)C(N)[C@H]2S1. The number of amides is 1. The molecule has 0 aromatic carbocycles. The first-order chi connectivity index (χ1) is 9.99. The third kappa shape index (κ3) is 2.40. The van der Waals surface area contributed by atoms with Gasteiger partial charge in [0, 0.05) is 18.1 Å². The molecule has 0 spiro atoms. The molecule has 21 heavy (non-hydrogen) atoms. The van der Waals surface area contributed by atoms with Crippen LogP contribution in [0, 0.1) is 0 Å². The van der Waals surface area contributed by atoms with Gasteiger partial charge in [0.25, 0.3) is 0 Å². The van der Waals surface area contributed by atoms with Crippen molar-refractivity contribution in [1.29, 1.82) is 0 Å². The van der Waals surface area contributed by atoms with Gasteiger partial charge >= 0.3 is 5.97 Å². The monoisotopic (exact) mass is 328 g/mol. The molecule has 9 nitrogen and oxygen atoms in total. The Bertz CT molecular complexity index is 632. The van der Waals surface area contributed by atoms with Crippen LogP contribution in [0.3, 0.4) is 0 Å². The summed E-state index contributed by atoms with van der Waals surface area (Å²) in [5, 5.41) is 20.6. The fraction of sp³-hybridized carbons (Fsp3) is 0.500. The fourth-order valence-corrected chi connectivity index (χ4v) is 4.56. The number of carbonyl (C=O) groups is 2. The first kappa shape index (κ1) is 14.4. The second-order valence-electron chi connectivity index (χ2n) is 4.55. The summed E-state index contributed by atoms with van der Waals surface area (Å²) in [5.74, 6) is -0.860. The average Bonchev–Trinajstić information content (AvgIpc) is 2.88. The van der Waals surface area contributed by atoms with E-state index in [4.69, 9.17) is 5.73 Å². The van der Waals surface area contributed by atoms with Gasteiger partial charge in [-0.2, -0.15) is 0 Å². The van der Waals surface area contributed by atoms with Crippen molar-refractivity contribution in [3.8, 4) is 0 Å². The van der Waals surface area contributed by atoms with Crippen LogP contribution in [0.2, 0.25) is 0 Å². The van der Waals surface area contributed by atoms with Gasteiger partial charge in [-0.15, -0.1) is 16.9 Å². The number of carboxylic acid groups (broad SMARTS) is 1. The lowest BCUT2D eigenvalue weighted by Gasteiger charge is -2.48. The lowest BCUT2D eigenvalue weighted by Crippen LogP contribution is -2.68. The molecular weight excluding hydrogens is 316 g/mol. The molecule has 0 aliphatic carbocycles. The molecule has 3 N–H and O–H groups in total. The zero-order chi connectivity index (χ0) is 15.1. The molecule has 1 aromatic rings. The van der Waals surface area contributed by atoms with E-state index in [1.165, 1.54) is 28.4 Å². The predicted molar refractivity (Wildman–Crippen MR) is 75.2 cm³/mol. The number of thioether (sulfide) groups is 2. The number of tetrazole rings is 1. The lowest BCUT2D eigenvalue weighted by atomic mass is 10.1. The molecule has 112 valence electrons. The summed E-state index contributed by atoms with van der Waals surface area (Å²) in [7, 11) is 1.73. The van der Waals surface area contributed by atoms with E-state index in [0.717, 1.165) is 0 Å². The predicted octanol–water partition coefficient (Wildman–Crippen LogP) is -1.12. The Morgan fingerprint density at radius 2 is 2.38 bits per heavy atom. The summed E-state index contributed by atoms with van der Waals surface area (Å²) in [6.07, 6.45) is 1.59. The quantitative estimate of drug-likeness (QED) is 0.522. The van der Waals surface area contributed by atoms with E-state index < -0.39 is 12.0 Å². The number of nitrogens with zero attached hydrogens (tertiary/aromatic N) is 5. The number of aliphatic carboxylic acids is 1. The minimum absolute atomic E-state index is 0.00661. The summed E-state index contributed by atoms with van der Waals surface area (Å²) in [4.78, 5) is 24.2. The minimum atomic E-state index is -1.11. The minimum Gasteiger partial charge on any atom is -0.477 e. The molecule has 1 aromatic heterocycles. The molecule has 3 rings (SSSR count). The number of hydrogen-bond donors (Lipinski definition) is 2. The first-order valence-corrected chi connectivity index (χ1v) is 7.96. The maximum absolute atomic E-state index is 11.7. The summed E-state index contributed by atoms with van der Waals surface area (Å²) in [6.45, 7) is 0. The molecule has 1 amide bonds. The summed E-state index contributed by atoms with van der Waals surface area (Å²) >= 11 is 2.91. The van der Waals surface area contributed by atoms with Crippen LogP contribution >= 0.6 is 23.5 Å². The molecule has 0 bridgehead atoms. The molecule has 2 aliphatic rings. The van der Waals surface area contributed by atoms with Crippen molar-refractivity contribution in [3.05, 3.63) is 11.8 Å². The van der Waals surface area contributed by atoms with Crippen LogP contribution in [0.1, 0.15) is 0 Å². The van der Waals surface area contributed by atoms with Gasteiger partial charge in [-0.3, -0.25) is 9.69 Å². The Labute approximate surface area is 127 Å². The van der Waals surface area contributed by atoms with Crippen molar-refractivity contribution >= 4 is 35.4 Å². The van der Waals surface area contributed by atoms with Crippen LogP contribution in [0.5, 0.6) is 0 Å². The first-order valence-electron chi connectivity index (χ1n) is 6.03. The Kier molecular flexibility index (Phi) is 3.63. The van der Waals surface area contributed by atoms with E-state index in [1.807, 2.05) is 0 Å². The number of carbonyl (C=O) groups excluding carboxylic acids is 1. The number of aryl methyl sites for hydroxylation is 1. The summed E-state index contributed by atoms with van der Waals surface area (Å²) in [5.41, 5.74) is 5.75. The standard InChI is InChI=1S/C10H12N6O3S2/c1-15-10(12-13-14-15)20-3-4-2-5(9(18)19)16-7(17)6(11)8(16)21-4/h2,4,6,8H,3,11H2,1H3,(H,18,19)/t4?,6?,8-/m1/s1.